The van der Waals surface area contributed by atoms with E-state index >= 15 is 0 Å². The number of nitrogens with zero attached hydrogens (tertiary/aromatic N) is 6. The Balaban J connectivity index is 1.54. The zero-order chi connectivity index (χ0) is 18.0. The molecule has 0 spiro atoms. The quantitative estimate of drug-likeness (QED) is 0.813. The summed E-state index contributed by atoms with van der Waals surface area (Å²) in [5.41, 5.74) is 2.35. The number of carbonyl (C=O) groups is 1. The van der Waals surface area contributed by atoms with Crippen LogP contribution in [0, 0.1) is 6.92 Å². The van der Waals surface area contributed by atoms with Crippen molar-refractivity contribution >= 4 is 17.5 Å². The van der Waals surface area contributed by atoms with Gasteiger partial charge in [-0.05, 0) is 20.8 Å². The van der Waals surface area contributed by atoms with Crippen molar-refractivity contribution < 1.29 is 4.79 Å². The van der Waals surface area contributed by atoms with E-state index in [4.69, 9.17) is 11.6 Å². The number of carbonyl (C=O) groups excluding carboxylic acids is 1. The molecule has 3 heterocycles. The van der Waals surface area contributed by atoms with Crippen LogP contribution in [0.1, 0.15) is 31.1 Å². The molecule has 1 aliphatic rings. The lowest BCUT2D eigenvalue weighted by atomic mass is 10.2. The Kier molecular flexibility index (Phi) is 5.44. The van der Waals surface area contributed by atoms with Gasteiger partial charge in [0.05, 0.1) is 16.9 Å². The van der Waals surface area contributed by atoms with Crippen LogP contribution in [0.3, 0.4) is 0 Å². The van der Waals surface area contributed by atoms with Crippen molar-refractivity contribution in [1.82, 2.24) is 29.4 Å². The van der Waals surface area contributed by atoms with E-state index < -0.39 is 0 Å². The van der Waals surface area contributed by atoms with Crippen LogP contribution < -0.4 is 0 Å². The molecule has 1 atom stereocenters. The molecule has 1 amide bonds. The predicted molar refractivity (Wildman–Crippen MR) is 96.4 cm³/mol. The number of piperazine rings is 1. The van der Waals surface area contributed by atoms with Crippen molar-refractivity contribution in [2.75, 3.05) is 26.2 Å². The van der Waals surface area contributed by atoms with E-state index in [-0.39, 0.29) is 11.9 Å². The summed E-state index contributed by atoms with van der Waals surface area (Å²) < 4.78 is 3.60. The number of hydrogen-bond donors (Lipinski definition) is 0. The Morgan fingerprint density at radius 3 is 2.56 bits per heavy atom. The molecule has 0 aromatic carbocycles. The van der Waals surface area contributed by atoms with Crippen LogP contribution in [0.25, 0.3) is 0 Å². The van der Waals surface area contributed by atoms with Gasteiger partial charge < -0.3 is 4.90 Å². The Bertz CT molecular complexity index is 731. The molecule has 2 aromatic heterocycles. The summed E-state index contributed by atoms with van der Waals surface area (Å²) in [7, 11) is 0. The highest BCUT2D eigenvalue weighted by molar-refractivity contribution is 6.30. The number of amides is 1. The molecule has 2 aromatic rings. The van der Waals surface area contributed by atoms with Crippen LogP contribution in [0.5, 0.6) is 0 Å². The first-order valence-corrected chi connectivity index (χ1v) is 9.09. The molecule has 0 saturated carbocycles. The first-order valence-electron chi connectivity index (χ1n) is 8.71. The molecule has 1 unspecified atom stereocenters. The highest BCUT2D eigenvalue weighted by Gasteiger charge is 2.26. The van der Waals surface area contributed by atoms with Crippen molar-refractivity contribution in [2.24, 2.45) is 0 Å². The fourth-order valence-corrected chi connectivity index (χ4v) is 3.29. The van der Waals surface area contributed by atoms with Gasteiger partial charge in [0.1, 0.15) is 6.04 Å². The monoisotopic (exact) mass is 364 g/mol. The van der Waals surface area contributed by atoms with Crippen molar-refractivity contribution in [3.05, 3.63) is 34.9 Å². The van der Waals surface area contributed by atoms with Crippen LogP contribution in [0.4, 0.5) is 0 Å². The molecule has 7 nitrogen and oxygen atoms in total. The standard InChI is InChI=1S/C17H25ClN6O/c1-4-23-11-15(13(2)20-23)10-21-5-7-22(8-6-21)17(25)14(3)24-12-16(18)9-19-24/h9,11-12,14H,4-8,10H2,1-3H3. The second-order valence-electron chi connectivity index (χ2n) is 6.51. The summed E-state index contributed by atoms with van der Waals surface area (Å²) in [6.07, 6.45) is 5.37. The summed E-state index contributed by atoms with van der Waals surface area (Å²) >= 11 is 5.89. The molecule has 25 heavy (non-hydrogen) atoms. The summed E-state index contributed by atoms with van der Waals surface area (Å²) in [6, 6.07) is -0.330. The number of hydrogen-bond acceptors (Lipinski definition) is 4. The molecule has 1 fully saturated rings. The van der Waals surface area contributed by atoms with Crippen LogP contribution in [-0.4, -0.2) is 61.4 Å². The summed E-state index contributed by atoms with van der Waals surface area (Å²) in [5.74, 6) is 0.0920. The molecule has 0 N–H and O–H groups in total. The van der Waals surface area contributed by atoms with Gasteiger partial charge in [0.2, 0.25) is 5.91 Å². The van der Waals surface area contributed by atoms with Gasteiger partial charge in [0, 0.05) is 57.2 Å². The minimum absolute atomic E-state index is 0.0920. The van der Waals surface area contributed by atoms with Crippen LogP contribution in [-0.2, 0) is 17.9 Å². The van der Waals surface area contributed by atoms with Crippen LogP contribution in [0.2, 0.25) is 5.02 Å². The van der Waals surface area contributed by atoms with Gasteiger partial charge in [-0.1, -0.05) is 11.6 Å². The highest BCUT2D eigenvalue weighted by Crippen LogP contribution is 2.16. The molecule has 0 radical (unpaired) electrons. The van der Waals surface area contributed by atoms with Crippen molar-refractivity contribution in [1.29, 1.82) is 0 Å². The first-order chi connectivity index (χ1) is 12.0. The zero-order valence-electron chi connectivity index (χ0n) is 15.0. The topological polar surface area (TPSA) is 59.2 Å². The predicted octanol–water partition coefficient (Wildman–Crippen LogP) is 1.97. The largest absolute Gasteiger partial charge is 0.338 e. The average molecular weight is 365 g/mol. The van der Waals surface area contributed by atoms with Crippen LogP contribution >= 0.6 is 11.6 Å². The molecular weight excluding hydrogens is 340 g/mol. The fourth-order valence-electron chi connectivity index (χ4n) is 3.15. The Morgan fingerprint density at radius 1 is 1.28 bits per heavy atom. The highest BCUT2D eigenvalue weighted by atomic mass is 35.5. The van der Waals surface area contributed by atoms with Gasteiger partial charge in [0.25, 0.3) is 0 Å². The minimum Gasteiger partial charge on any atom is -0.338 e. The Morgan fingerprint density at radius 2 is 2.00 bits per heavy atom. The molecule has 0 aliphatic carbocycles. The van der Waals surface area contributed by atoms with E-state index in [0.29, 0.717) is 5.02 Å². The number of rotatable bonds is 5. The lowest BCUT2D eigenvalue weighted by Gasteiger charge is -2.35. The third-order valence-corrected chi connectivity index (χ3v) is 4.97. The Labute approximate surface area is 153 Å². The van der Waals surface area contributed by atoms with Crippen LogP contribution in [0.15, 0.2) is 18.6 Å². The second kappa shape index (κ2) is 7.58. The number of aryl methyl sites for hydroxylation is 2. The maximum atomic E-state index is 12.7. The van der Waals surface area contributed by atoms with Gasteiger partial charge in [-0.2, -0.15) is 10.2 Å². The van der Waals surface area contributed by atoms with E-state index in [1.54, 1.807) is 17.1 Å². The average Bonchev–Trinajstić information content (AvgIpc) is 3.20. The minimum atomic E-state index is -0.330. The lowest BCUT2D eigenvalue weighted by Crippen LogP contribution is -2.50. The molecule has 8 heteroatoms. The van der Waals surface area contributed by atoms with Gasteiger partial charge in [-0.25, -0.2) is 0 Å². The third-order valence-electron chi connectivity index (χ3n) is 4.77. The van der Waals surface area contributed by atoms with Gasteiger partial charge >= 0.3 is 0 Å². The van der Waals surface area contributed by atoms with E-state index in [1.807, 2.05) is 16.5 Å². The molecule has 3 rings (SSSR count). The second-order valence-corrected chi connectivity index (χ2v) is 6.95. The molecular formula is C17H25ClN6O. The molecule has 1 aliphatic heterocycles. The van der Waals surface area contributed by atoms with E-state index in [2.05, 4.69) is 35.1 Å². The normalized spacial score (nSPS) is 17.0. The first kappa shape index (κ1) is 17.9. The van der Waals surface area contributed by atoms with Crippen molar-refractivity contribution in [2.45, 2.75) is 39.9 Å². The van der Waals surface area contributed by atoms with E-state index in [0.717, 1.165) is 45.0 Å². The molecule has 136 valence electrons. The van der Waals surface area contributed by atoms with E-state index in [9.17, 15) is 4.79 Å². The van der Waals surface area contributed by atoms with E-state index in [1.165, 1.54) is 5.56 Å². The SMILES string of the molecule is CCn1cc(CN2CCN(C(=O)C(C)n3cc(Cl)cn3)CC2)c(C)n1. The lowest BCUT2D eigenvalue weighted by molar-refractivity contribution is -0.136. The molecule has 1 saturated heterocycles. The fraction of sp³-hybridized carbons (Fsp3) is 0.588. The summed E-state index contributed by atoms with van der Waals surface area (Å²) in [4.78, 5) is 17.0. The van der Waals surface area contributed by atoms with Crippen molar-refractivity contribution in [3.63, 3.8) is 0 Å². The summed E-state index contributed by atoms with van der Waals surface area (Å²) in [5, 5.41) is 9.19. The third kappa shape index (κ3) is 4.04. The molecule has 0 bridgehead atoms. The number of aromatic nitrogens is 4. The number of halogens is 1. The zero-order valence-corrected chi connectivity index (χ0v) is 15.8. The maximum absolute atomic E-state index is 12.7. The smallest absolute Gasteiger partial charge is 0.247 e. The van der Waals surface area contributed by atoms with Gasteiger partial charge in [0.15, 0.2) is 0 Å². The maximum Gasteiger partial charge on any atom is 0.247 e. The Hall–Kier alpha value is -1.86. The summed E-state index contributed by atoms with van der Waals surface area (Å²) in [6.45, 7) is 11.0. The van der Waals surface area contributed by atoms with Gasteiger partial charge in [-0.3, -0.25) is 19.1 Å². The van der Waals surface area contributed by atoms with Crippen molar-refractivity contribution in [3.8, 4) is 0 Å². The van der Waals surface area contributed by atoms with Gasteiger partial charge in [-0.15, -0.1) is 0 Å².